The van der Waals surface area contributed by atoms with E-state index in [1.807, 2.05) is 0 Å². The van der Waals surface area contributed by atoms with Crippen molar-refractivity contribution in [3.8, 4) is 0 Å². The molecular formula is C5H7NNaO3+. The Kier molecular flexibility index (Phi) is 4.08. The molecule has 1 rings (SSSR count). The van der Waals surface area contributed by atoms with Crippen molar-refractivity contribution in [3.05, 3.63) is 10.1 Å². The molecule has 5 heteroatoms. The maximum absolute atomic E-state index is 10.6. The molecule has 1 aliphatic rings. The Morgan fingerprint density at radius 2 is 2.20 bits per heavy atom. The predicted octanol–water partition coefficient (Wildman–Crippen LogP) is -2.61. The molecule has 0 N–H and O–H groups in total. The molecule has 1 unspecified atom stereocenters. The number of hydrogen-bond donors (Lipinski definition) is 0. The van der Waals surface area contributed by atoms with Crippen molar-refractivity contribution in [2.45, 2.75) is 25.3 Å². The van der Waals surface area contributed by atoms with Crippen molar-refractivity contribution in [2.75, 3.05) is 0 Å². The van der Waals surface area contributed by atoms with Gasteiger partial charge in [0.05, 0.1) is 0 Å². The zero-order valence-corrected chi connectivity index (χ0v) is 7.87. The molecule has 1 aliphatic carbocycles. The van der Waals surface area contributed by atoms with Crippen LogP contribution in [0.25, 0.3) is 0 Å². The summed E-state index contributed by atoms with van der Waals surface area (Å²) in [7, 11) is 0. The normalized spacial score (nSPS) is 24.0. The van der Waals surface area contributed by atoms with Gasteiger partial charge in [0.15, 0.2) is 0 Å². The summed E-state index contributed by atoms with van der Waals surface area (Å²) in [5, 5.41) is 10.00. The Morgan fingerprint density at radius 1 is 1.60 bits per heavy atom. The van der Waals surface area contributed by atoms with Gasteiger partial charge < -0.3 is 0 Å². The molecule has 1 saturated carbocycles. The van der Waals surface area contributed by atoms with Crippen LogP contribution in [0, 0.1) is 10.1 Å². The van der Waals surface area contributed by atoms with Crippen LogP contribution in [-0.2, 0) is 4.79 Å². The smallest absolute Gasteiger partial charge is 0.292 e. The van der Waals surface area contributed by atoms with E-state index in [0.717, 1.165) is 0 Å². The maximum Gasteiger partial charge on any atom is 1.00 e. The van der Waals surface area contributed by atoms with E-state index in [2.05, 4.69) is 0 Å². The zero-order chi connectivity index (χ0) is 6.85. The minimum Gasteiger partial charge on any atom is -0.292 e. The summed E-state index contributed by atoms with van der Waals surface area (Å²) in [5.41, 5.74) is 0. The van der Waals surface area contributed by atoms with E-state index in [0.29, 0.717) is 19.3 Å². The molecule has 4 nitrogen and oxygen atoms in total. The quantitative estimate of drug-likeness (QED) is 0.235. The van der Waals surface area contributed by atoms with E-state index in [4.69, 9.17) is 0 Å². The van der Waals surface area contributed by atoms with Crippen molar-refractivity contribution in [1.82, 2.24) is 0 Å². The van der Waals surface area contributed by atoms with Crippen molar-refractivity contribution in [1.29, 1.82) is 0 Å². The fourth-order valence-corrected chi connectivity index (χ4v) is 1.02. The summed E-state index contributed by atoms with van der Waals surface area (Å²) >= 11 is 0. The number of carbonyl (C=O) groups is 1. The number of carbonyl (C=O) groups excluding carboxylic acids is 1. The SMILES string of the molecule is O=C1CCCC1[N+](=O)[O-].[Na+]. The van der Waals surface area contributed by atoms with Gasteiger partial charge in [0.25, 0.3) is 6.04 Å². The van der Waals surface area contributed by atoms with Crippen LogP contribution < -0.4 is 29.6 Å². The third-order valence-corrected chi connectivity index (χ3v) is 1.53. The van der Waals surface area contributed by atoms with Crippen LogP contribution in [0.4, 0.5) is 0 Å². The van der Waals surface area contributed by atoms with E-state index in [1.165, 1.54) is 0 Å². The molecule has 0 amide bonds. The van der Waals surface area contributed by atoms with Crippen molar-refractivity contribution < 1.29 is 39.3 Å². The third kappa shape index (κ3) is 2.04. The standard InChI is InChI=1S/C5H7NO3.Na/c7-5-3-1-2-4(5)6(8)9;/h4H,1-3H2;/q;+1. The van der Waals surface area contributed by atoms with Gasteiger partial charge in [-0.3, -0.25) is 14.9 Å². The minimum absolute atomic E-state index is 0. The first-order valence-corrected chi connectivity index (χ1v) is 2.88. The molecular weight excluding hydrogens is 145 g/mol. The molecule has 0 saturated heterocycles. The van der Waals surface area contributed by atoms with Crippen LogP contribution in [0.1, 0.15) is 19.3 Å². The number of nitrogens with zero attached hydrogens (tertiary/aromatic N) is 1. The molecule has 0 radical (unpaired) electrons. The molecule has 1 atom stereocenters. The molecule has 1 fully saturated rings. The summed E-state index contributed by atoms with van der Waals surface area (Å²) in [4.78, 5) is 20.1. The van der Waals surface area contributed by atoms with Gasteiger partial charge in [-0.15, -0.1) is 0 Å². The van der Waals surface area contributed by atoms with E-state index in [1.54, 1.807) is 0 Å². The summed E-state index contributed by atoms with van der Waals surface area (Å²) < 4.78 is 0. The topological polar surface area (TPSA) is 60.2 Å². The van der Waals surface area contributed by atoms with Crippen molar-refractivity contribution in [2.24, 2.45) is 0 Å². The average molecular weight is 152 g/mol. The fraction of sp³-hybridized carbons (Fsp3) is 0.800. The largest absolute Gasteiger partial charge is 1.00 e. The second kappa shape index (κ2) is 4.05. The first-order chi connectivity index (χ1) is 4.22. The van der Waals surface area contributed by atoms with Crippen LogP contribution in [0.15, 0.2) is 0 Å². The van der Waals surface area contributed by atoms with E-state index in [9.17, 15) is 14.9 Å². The van der Waals surface area contributed by atoms with Gasteiger partial charge in [-0.1, -0.05) is 0 Å². The average Bonchev–Trinajstić information content (AvgIpc) is 2.13. The summed E-state index contributed by atoms with van der Waals surface area (Å²) in [6.45, 7) is 0. The Bertz CT molecular complexity index is 159. The summed E-state index contributed by atoms with van der Waals surface area (Å²) in [6, 6.07) is -0.884. The Morgan fingerprint density at radius 3 is 2.40 bits per heavy atom. The second-order valence-electron chi connectivity index (χ2n) is 2.16. The van der Waals surface area contributed by atoms with E-state index < -0.39 is 11.0 Å². The van der Waals surface area contributed by atoms with Crippen molar-refractivity contribution >= 4 is 5.78 Å². The van der Waals surface area contributed by atoms with Gasteiger partial charge in [0.1, 0.15) is 0 Å². The zero-order valence-electron chi connectivity index (χ0n) is 5.87. The molecule has 0 aromatic heterocycles. The molecule has 50 valence electrons. The van der Waals surface area contributed by atoms with Gasteiger partial charge >= 0.3 is 29.6 Å². The van der Waals surface area contributed by atoms with Crippen LogP contribution in [0.3, 0.4) is 0 Å². The van der Waals surface area contributed by atoms with E-state index >= 15 is 0 Å². The van der Waals surface area contributed by atoms with Crippen LogP contribution >= 0.6 is 0 Å². The Hall–Kier alpha value is 0.0700. The number of hydrogen-bond acceptors (Lipinski definition) is 3. The molecule has 0 spiro atoms. The minimum atomic E-state index is -0.884. The van der Waals surface area contributed by atoms with Crippen LogP contribution in [-0.4, -0.2) is 16.7 Å². The van der Waals surface area contributed by atoms with Crippen LogP contribution in [0.5, 0.6) is 0 Å². The van der Waals surface area contributed by atoms with Gasteiger partial charge in [-0.2, -0.15) is 0 Å². The number of rotatable bonds is 1. The Balaban J connectivity index is 0.000000810. The van der Waals surface area contributed by atoms with Gasteiger partial charge in [0, 0.05) is 17.8 Å². The van der Waals surface area contributed by atoms with Gasteiger partial charge in [-0.05, 0) is 6.42 Å². The molecule has 0 heterocycles. The fourth-order valence-electron chi connectivity index (χ4n) is 1.02. The molecule has 0 aromatic rings. The van der Waals surface area contributed by atoms with E-state index in [-0.39, 0.29) is 35.3 Å². The first kappa shape index (κ1) is 10.1. The third-order valence-electron chi connectivity index (χ3n) is 1.53. The van der Waals surface area contributed by atoms with Crippen LogP contribution in [0.2, 0.25) is 0 Å². The van der Waals surface area contributed by atoms with Crippen molar-refractivity contribution in [3.63, 3.8) is 0 Å². The maximum atomic E-state index is 10.6. The monoisotopic (exact) mass is 152 g/mol. The molecule has 0 bridgehead atoms. The summed E-state index contributed by atoms with van der Waals surface area (Å²) in [5.74, 6) is -0.208. The van der Waals surface area contributed by atoms with Gasteiger partial charge in [0.2, 0.25) is 5.78 Å². The predicted molar refractivity (Wildman–Crippen MR) is 29.6 cm³/mol. The Labute approximate surface area is 80.4 Å². The molecule has 10 heavy (non-hydrogen) atoms. The number of Topliss-reactive ketones (excluding diaryl/α,β-unsaturated/α-hetero) is 1. The van der Waals surface area contributed by atoms with Gasteiger partial charge in [-0.25, -0.2) is 0 Å². The molecule has 0 aromatic carbocycles. The first-order valence-electron chi connectivity index (χ1n) is 2.88. The summed E-state index contributed by atoms with van der Waals surface area (Å²) in [6.07, 6.45) is 1.52. The number of ketones is 1. The molecule has 0 aliphatic heterocycles. The number of nitro groups is 1. The second-order valence-corrected chi connectivity index (χ2v) is 2.16.